The molecule has 0 heterocycles. The van der Waals surface area contributed by atoms with Gasteiger partial charge in [-0.2, -0.15) is 0 Å². The fourth-order valence-electron chi connectivity index (χ4n) is 5.02. The van der Waals surface area contributed by atoms with E-state index in [1.807, 2.05) is 6.92 Å². The number of ketones is 1. The van der Waals surface area contributed by atoms with Gasteiger partial charge in [0, 0.05) is 12.3 Å². The lowest BCUT2D eigenvalue weighted by atomic mass is 9.67. The molecule has 5 atom stereocenters. The molecule has 0 aromatic heterocycles. The summed E-state index contributed by atoms with van der Waals surface area (Å²) in [5.41, 5.74) is 1.28. The summed E-state index contributed by atoms with van der Waals surface area (Å²) in [4.78, 5) is 12.6. The van der Waals surface area contributed by atoms with Crippen molar-refractivity contribution >= 4 is 16.6 Å². The molecule has 2 aromatic rings. The summed E-state index contributed by atoms with van der Waals surface area (Å²) in [6.07, 6.45) is 3.24. The molecule has 2 nitrogen and oxygen atoms in total. The predicted octanol–water partition coefficient (Wildman–Crippen LogP) is 4.31. The molecule has 2 aliphatic rings. The van der Waals surface area contributed by atoms with Gasteiger partial charge in [-0.05, 0) is 53.4 Å². The van der Waals surface area contributed by atoms with Crippen molar-refractivity contribution in [2.24, 2.45) is 17.8 Å². The normalized spacial score (nSPS) is 33.0. The molecule has 2 unspecified atom stereocenters. The average Bonchev–Trinajstić information content (AvgIpc) is 2.88. The molecule has 2 bridgehead atoms. The minimum Gasteiger partial charge on any atom is -0.393 e. The highest BCUT2D eigenvalue weighted by atomic mass is 16.3. The van der Waals surface area contributed by atoms with E-state index >= 15 is 0 Å². The van der Waals surface area contributed by atoms with E-state index in [9.17, 15) is 9.90 Å². The van der Waals surface area contributed by atoms with Crippen LogP contribution in [-0.2, 0) is 4.79 Å². The molecule has 1 N–H and O–H groups in total. The Labute approximate surface area is 137 Å². The Morgan fingerprint density at radius 3 is 2.65 bits per heavy atom. The van der Waals surface area contributed by atoms with Crippen molar-refractivity contribution < 1.29 is 9.90 Å². The van der Waals surface area contributed by atoms with Gasteiger partial charge >= 0.3 is 0 Å². The Morgan fingerprint density at radius 2 is 1.87 bits per heavy atom. The van der Waals surface area contributed by atoms with E-state index in [1.165, 1.54) is 16.3 Å². The van der Waals surface area contributed by atoms with Gasteiger partial charge in [-0.3, -0.25) is 4.79 Å². The molecule has 120 valence electrons. The third-order valence-corrected chi connectivity index (χ3v) is 6.08. The summed E-state index contributed by atoms with van der Waals surface area (Å²) in [5, 5.41) is 12.9. The maximum absolute atomic E-state index is 12.6. The van der Waals surface area contributed by atoms with Crippen molar-refractivity contribution in [3.8, 4) is 0 Å². The van der Waals surface area contributed by atoms with Crippen LogP contribution in [0.25, 0.3) is 10.8 Å². The van der Waals surface area contributed by atoms with Crippen molar-refractivity contribution in [3.63, 3.8) is 0 Å². The molecule has 2 fully saturated rings. The van der Waals surface area contributed by atoms with E-state index in [-0.39, 0.29) is 23.9 Å². The summed E-state index contributed by atoms with van der Waals surface area (Å²) < 4.78 is 0. The Hall–Kier alpha value is -1.67. The standard InChI is InChI=1S/C21H24O2/c1-2-19(22)21-17(9-13-10-18(21)20(23)11-13)16-8-7-14-5-3-4-6-15(14)12-16/h3-8,12-13,17-18,20-21,23H,2,9-11H2,1H3/t13?,17-,18-,20?,21-/m0/s1. The van der Waals surface area contributed by atoms with Crippen molar-refractivity contribution in [2.45, 2.75) is 44.6 Å². The van der Waals surface area contributed by atoms with Crippen molar-refractivity contribution in [1.82, 2.24) is 0 Å². The smallest absolute Gasteiger partial charge is 0.136 e. The van der Waals surface area contributed by atoms with Gasteiger partial charge in [0.15, 0.2) is 0 Å². The Balaban J connectivity index is 1.76. The van der Waals surface area contributed by atoms with Crippen LogP contribution >= 0.6 is 0 Å². The zero-order valence-electron chi connectivity index (χ0n) is 13.6. The summed E-state index contributed by atoms with van der Waals surface area (Å²) >= 11 is 0. The number of benzene rings is 2. The zero-order valence-corrected chi connectivity index (χ0v) is 13.6. The number of aliphatic hydroxyl groups excluding tert-OH is 1. The second kappa shape index (κ2) is 5.76. The second-order valence-corrected chi connectivity index (χ2v) is 7.36. The number of carbonyl (C=O) groups excluding carboxylic acids is 1. The Kier molecular flexibility index (Phi) is 3.73. The van der Waals surface area contributed by atoms with Crippen LogP contribution in [0.4, 0.5) is 0 Å². The summed E-state index contributed by atoms with van der Waals surface area (Å²) in [5.74, 6) is 1.33. The van der Waals surface area contributed by atoms with Gasteiger partial charge in [0.2, 0.25) is 0 Å². The van der Waals surface area contributed by atoms with E-state index < -0.39 is 0 Å². The SMILES string of the molecule is CCC(=O)[C@H]1[C@H](c2ccc3ccccc3c2)CC2CC(O)[C@@H]1C2. The minimum absolute atomic E-state index is 0.00471. The highest BCUT2D eigenvalue weighted by Gasteiger charge is 2.49. The number of aliphatic hydroxyl groups is 1. The molecule has 2 aliphatic carbocycles. The van der Waals surface area contributed by atoms with E-state index in [4.69, 9.17) is 0 Å². The Bertz CT molecular complexity index is 735. The lowest BCUT2D eigenvalue weighted by Gasteiger charge is -2.36. The molecule has 23 heavy (non-hydrogen) atoms. The van der Waals surface area contributed by atoms with Gasteiger partial charge in [0.1, 0.15) is 5.78 Å². The molecule has 0 amide bonds. The molecule has 2 saturated carbocycles. The van der Waals surface area contributed by atoms with Crippen LogP contribution in [0.15, 0.2) is 42.5 Å². The molecule has 4 rings (SSSR count). The largest absolute Gasteiger partial charge is 0.393 e. The highest BCUT2D eigenvalue weighted by Crippen LogP contribution is 2.52. The van der Waals surface area contributed by atoms with Crippen LogP contribution in [0, 0.1) is 17.8 Å². The average molecular weight is 308 g/mol. The molecule has 2 aromatic carbocycles. The minimum atomic E-state index is -0.286. The number of hydrogen-bond donors (Lipinski definition) is 1. The van der Waals surface area contributed by atoms with Crippen LogP contribution in [0.2, 0.25) is 0 Å². The highest BCUT2D eigenvalue weighted by molar-refractivity contribution is 5.85. The van der Waals surface area contributed by atoms with E-state index in [0.717, 1.165) is 19.3 Å². The Morgan fingerprint density at radius 1 is 1.09 bits per heavy atom. The van der Waals surface area contributed by atoms with Crippen molar-refractivity contribution in [2.75, 3.05) is 0 Å². The van der Waals surface area contributed by atoms with Crippen LogP contribution in [-0.4, -0.2) is 17.0 Å². The maximum atomic E-state index is 12.6. The molecule has 0 aliphatic heterocycles. The molecule has 0 radical (unpaired) electrons. The van der Waals surface area contributed by atoms with E-state index in [1.54, 1.807) is 0 Å². The summed E-state index contributed by atoms with van der Waals surface area (Å²) in [6.45, 7) is 1.95. The molecule has 0 saturated heterocycles. The van der Waals surface area contributed by atoms with Gasteiger partial charge in [-0.1, -0.05) is 49.4 Å². The topological polar surface area (TPSA) is 37.3 Å². The van der Waals surface area contributed by atoms with Gasteiger partial charge in [0.05, 0.1) is 6.10 Å². The molecular formula is C21H24O2. The van der Waals surface area contributed by atoms with Crippen LogP contribution in [0.1, 0.15) is 44.1 Å². The number of carbonyl (C=O) groups is 1. The summed E-state index contributed by atoms with van der Waals surface area (Å²) in [7, 11) is 0. The first-order valence-electron chi connectivity index (χ1n) is 8.87. The lowest BCUT2D eigenvalue weighted by Crippen LogP contribution is -2.35. The zero-order chi connectivity index (χ0) is 16.0. The maximum Gasteiger partial charge on any atom is 0.136 e. The first-order chi connectivity index (χ1) is 11.2. The number of rotatable bonds is 3. The predicted molar refractivity (Wildman–Crippen MR) is 92.3 cm³/mol. The molecule has 0 spiro atoms. The van der Waals surface area contributed by atoms with Gasteiger partial charge in [0.25, 0.3) is 0 Å². The molecule has 2 heteroatoms. The van der Waals surface area contributed by atoms with Crippen molar-refractivity contribution in [3.05, 3.63) is 48.0 Å². The van der Waals surface area contributed by atoms with Crippen molar-refractivity contribution in [1.29, 1.82) is 0 Å². The van der Waals surface area contributed by atoms with Gasteiger partial charge < -0.3 is 5.11 Å². The van der Waals surface area contributed by atoms with Crippen LogP contribution in [0.5, 0.6) is 0 Å². The number of Topliss-reactive ketones (excluding diaryl/α,β-unsaturated/α-hetero) is 1. The third-order valence-electron chi connectivity index (χ3n) is 6.08. The van der Waals surface area contributed by atoms with Crippen LogP contribution < -0.4 is 0 Å². The fraction of sp³-hybridized carbons (Fsp3) is 0.476. The third kappa shape index (κ3) is 2.49. The number of fused-ring (bicyclic) bond motifs is 3. The second-order valence-electron chi connectivity index (χ2n) is 7.36. The van der Waals surface area contributed by atoms with Gasteiger partial charge in [-0.25, -0.2) is 0 Å². The summed E-state index contributed by atoms with van der Waals surface area (Å²) in [6, 6.07) is 15.0. The van der Waals surface area contributed by atoms with Gasteiger partial charge in [-0.15, -0.1) is 0 Å². The fourth-order valence-corrected chi connectivity index (χ4v) is 5.02. The van der Waals surface area contributed by atoms with E-state index in [2.05, 4.69) is 42.5 Å². The first-order valence-corrected chi connectivity index (χ1v) is 8.87. The molecular weight excluding hydrogens is 284 g/mol. The number of hydrogen-bond acceptors (Lipinski definition) is 2. The lowest BCUT2D eigenvalue weighted by molar-refractivity contribution is -0.127. The first kappa shape index (κ1) is 14.9. The van der Waals surface area contributed by atoms with E-state index in [0.29, 0.717) is 18.1 Å². The quantitative estimate of drug-likeness (QED) is 0.917. The van der Waals surface area contributed by atoms with Crippen LogP contribution in [0.3, 0.4) is 0 Å². The monoisotopic (exact) mass is 308 g/mol.